The van der Waals surface area contributed by atoms with E-state index in [-0.39, 0.29) is 4.90 Å². The molecule has 0 spiro atoms. The van der Waals surface area contributed by atoms with Crippen molar-refractivity contribution in [2.24, 2.45) is 5.14 Å². The Labute approximate surface area is 191 Å². The molecule has 4 aromatic rings. The largest absolute Gasteiger partial charge is 0.278 e. The van der Waals surface area contributed by atoms with Gasteiger partial charge in [0.25, 0.3) is 0 Å². The van der Waals surface area contributed by atoms with Crippen LogP contribution < -0.4 is 10.0 Å². The molecule has 1 amide bonds. The quantitative estimate of drug-likeness (QED) is 0.443. The van der Waals surface area contributed by atoms with Crippen molar-refractivity contribution in [3.05, 3.63) is 90.1 Å². The summed E-state index contributed by atoms with van der Waals surface area (Å²) in [6, 6.07) is 24.1. The maximum absolute atomic E-state index is 12.1. The summed E-state index contributed by atoms with van der Waals surface area (Å²) in [5.41, 5.74) is 3.47. The lowest BCUT2D eigenvalue weighted by Crippen LogP contribution is -2.18. The van der Waals surface area contributed by atoms with E-state index in [2.05, 4.69) is 11.2 Å². The molecule has 4 rings (SSSR count). The maximum Gasteiger partial charge on any atom is 0.238 e. The molecule has 0 aliphatic carbocycles. The Balaban J connectivity index is 1.76. The minimum atomic E-state index is -3.90. The van der Waals surface area contributed by atoms with E-state index < -0.39 is 10.0 Å². The molecule has 0 saturated heterocycles. The lowest BCUT2D eigenvalue weighted by molar-refractivity contribution is -0.106. The minimum absolute atomic E-state index is 0.0241. The molecule has 0 bridgehead atoms. The number of benzene rings is 3. The number of anilines is 2. The number of nitriles is 1. The zero-order chi connectivity index (χ0) is 23.6. The summed E-state index contributed by atoms with van der Waals surface area (Å²) in [6.45, 7) is 1.81. The Kier molecular flexibility index (Phi) is 5.79. The first kappa shape index (κ1) is 22.0. The predicted molar refractivity (Wildman–Crippen MR) is 124 cm³/mol. The standard InChI is InChI=1S/C24H19N5O3S/c1-17-13-24(29(27-17)21-6-4-5-18(14-21)15-25)28(16-30)20-11-9-19(10-12-20)22-7-2-3-8-23(22)33(26,31)32/h2-14,16H,1H3,(H2,26,31,32). The van der Waals surface area contributed by atoms with Crippen LogP contribution in [-0.4, -0.2) is 24.6 Å². The van der Waals surface area contributed by atoms with Gasteiger partial charge in [0.05, 0.1) is 33.6 Å². The van der Waals surface area contributed by atoms with Gasteiger partial charge < -0.3 is 0 Å². The lowest BCUT2D eigenvalue weighted by Gasteiger charge is -2.19. The molecule has 0 saturated carbocycles. The second kappa shape index (κ2) is 8.70. The second-order valence-corrected chi connectivity index (χ2v) is 8.81. The Morgan fingerprint density at radius 1 is 1.03 bits per heavy atom. The highest BCUT2D eigenvalue weighted by atomic mass is 32.2. The van der Waals surface area contributed by atoms with Crippen LogP contribution in [-0.2, 0) is 14.8 Å². The molecule has 0 unspecified atom stereocenters. The van der Waals surface area contributed by atoms with E-state index in [1.165, 1.54) is 11.0 Å². The number of primary sulfonamides is 1. The van der Waals surface area contributed by atoms with E-state index in [1.54, 1.807) is 77.5 Å². The number of rotatable bonds is 6. The van der Waals surface area contributed by atoms with Crippen LogP contribution in [0.4, 0.5) is 11.5 Å². The first-order chi connectivity index (χ1) is 15.8. The maximum atomic E-state index is 12.1. The number of sulfonamides is 1. The van der Waals surface area contributed by atoms with E-state index in [0.29, 0.717) is 46.0 Å². The average molecular weight is 458 g/mol. The molecule has 0 fully saturated rings. The van der Waals surface area contributed by atoms with Crippen LogP contribution in [0.5, 0.6) is 0 Å². The molecule has 33 heavy (non-hydrogen) atoms. The van der Waals surface area contributed by atoms with Crippen molar-refractivity contribution in [2.45, 2.75) is 11.8 Å². The molecular formula is C24H19N5O3S. The van der Waals surface area contributed by atoms with Gasteiger partial charge in [-0.1, -0.05) is 36.4 Å². The number of amides is 1. The third kappa shape index (κ3) is 4.39. The van der Waals surface area contributed by atoms with Gasteiger partial charge in [0.15, 0.2) is 0 Å². The molecule has 1 aromatic heterocycles. The van der Waals surface area contributed by atoms with Crippen molar-refractivity contribution in [3.8, 4) is 22.9 Å². The third-order valence-electron chi connectivity index (χ3n) is 5.03. The average Bonchev–Trinajstić information content (AvgIpc) is 3.21. The summed E-state index contributed by atoms with van der Waals surface area (Å²) in [7, 11) is -3.90. The molecule has 3 aromatic carbocycles. The number of hydrogen-bond donors (Lipinski definition) is 1. The van der Waals surface area contributed by atoms with E-state index in [4.69, 9.17) is 5.14 Å². The molecule has 0 aliphatic rings. The van der Waals surface area contributed by atoms with Crippen LogP contribution in [0.25, 0.3) is 16.8 Å². The van der Waals surface area contributed by atoms with Gasteiger partial charge in [-0.2, -0.15) is 10.4 Å². The zero-order valence-corrected chi connectivity index (χ0v) is 18.4. The molecule has 0 atom stereocenters. The summed E-state index contributed by atoms with van der Waals surface area (Å²) in [5, 5.41) is 19.0. The van der Waals surface area contributed by atoms with Gasteiger partial charge in [0.1, 0.15) is 5.82 Å². The van der Waals surface area contributed by atoms with Crippen LogP contribution in [0.15, 0.2) is 83.8 Å². The van der Waals surface area contributed by atoms with Crippen molar-refractivity contribution in [3.63, 3.8) is 0 Å². The van der Waals surface area contributed by atoms with Crippen LogP contribution in [0.2, 0.25) is 0 Å². The van der Waals surface area contributed by atoms with Gasteiger partial charge in [-0.25, -0.2) is 18.2 Å². The smallest absolute Gasteiger partial charge is 0.238 e. The van der Waals surface area contributed by atoms with Gasteiger partial charge in [0.2, 0.25) is 16.4 Å². The summed E-state index contributed by atoms with van der Waals surface area (Å²) in [6.07, 6.45) is 0.675. The fourth-order valence-electron chi connectivity index (χ4n) is 3.56. The highest BCUT2D eigenvalue weighted by Crippen LogP contribution is 2.31. The number of aromatic nitrogens is 2. The van der Waals surface area contributed by atoms with E-state index in [1.807, 2.05) is 6.92 Å². The SMILES string of the molecule is Cc1cc(N(C=O)c2ccc(-c3ccccc3S(N)(=O)=O)cc2)n(-c2cccc(C#N)c2)n1. The Bertz CT molecular complexity index is 1490. The molecule has 0 aliphatic heterocycles. The van der Waals surface area contributed by atoms with Crippen LogP contribution >= 0.6 is 0 Å². The Morgan fingerprint density at radius 3 is 2.42 bits per heavy atom. The van der Waals surface area contributed by atoms with Crippen molar-refractivity contribution in [1.82, 2.24) is 9.78 Å². The summed E-state index contributed by atoms with van der Waals surface area (Å²) >= 11 is 0. The molecule has 1 heterocycles. The highest BCUT2D eigenvalue weighted by molar-refractivity contribution is 7.89. The van der Waals surface area contributed by atoms with Crippen LogP contribution in [0.1, 0.15) is 11.3 Å². The molecule has 9 heteroatoms. The second-order valence-electron chi connectivity index (χ2n) is 7.28. The van der Waals surface area contributed by atoms with Gasteiger partial charge in [-0.3, -0.25) is 9.69 Å². The van der Waals surface area contributed by atoms with Gasteiger partial charge in [0, 0.05) is 11.6 Å². The number of carbonyl (C=O) groups excluding carboxylic acids is 1. The minimum Gasteiger partial charge on any atom is -0.278 e. The lowest BCUT2D eigenvalue weighted by atomic mass is 10.1. The molecule has 8 nitrogen and oxygen atoms in total. The summed E-state index contributed by atoms with van der Waals surface area (Å²) in [4.78, 5) is 13.5. The first-order valence-corrected chi connectivity index (χ1v) is 11.4. The van der Waals surface area contributed by atoms with Gasteiger partial charge in [-0.15, -0.1) is 0 Å². The van der Waals surface area contributed by atoms with Crippen LogP contribution in [0, 0.1) is 18.3 Å². The van der Waals surface area contributed by atoms with Crippen molar-refractivity contribution in [1.29, 1.82) is 5.26 Å². The topological polar surface area (TPSA) is 122 Å². The number of aryl methyl sites for hydroxylation is 1. The van der Waals surface area contributed by atoms with Gasteiger partial charge >= 0.3 is 0 Å². The Hall–Kier alpha value is -4.26. The molecule has 2 N–H and O–H groups in total. The third-order valence-corrected chi connectivity index (χ3v) is 6.00. The van der Waals surface area contributed by atoms with E-state index in [0.717, 1.165) is 0 Å². The molecular weight excluding hydrogens is 438 g/mol. The fraction of sp³-hybridized carbons (Fsp3) is 0.0417. The predicted octanol–water partition coefficient (Wildman–Crippen LogP) is 3.66. The summed E-state index contributed by atoms with van der Waals surface area (Å²) < 4.78 is 25.5. The number of hydrogen-bond acceptors (Lipinski definition) is 5. The number of nitrogens with two attached hydrogens (primary N) is 1. The molecule has 0 radical (unpaired) electrons. The summed E-state index contributed by atoms with van der Waals surface area (Å²) in [5.74, 6) is 0.496. The fourth-order valence-corrected chi connectivity index (χ4v) is 4.32. The zero-order valence-electron chi connectivity index (χ0n) is 17.6. The van der Waals surface area contributed by atoms with E-state index in [9.17, 15) is 18.5 Å². The monoisotopic (exact) mass is 457 g/mol. The normalized spacial score (nSPS) is 11.1. The first-order valence-electron chi connectivity index (χ1n) is 9.86. The van der Waals surface area contributed by atoms with E-state index >= 15 is 0 Å². The molecule has 164 valence electrons. The van der Waals surface area contributed by atoms with Gasteiger partial charge in [-0.05, 0) is 48.9 Å². The number of nitrogens with zero attached hydrogens (tertiary/aromatic N) is 4. The van der Waals surface area contributed by atoms with Crippen molar-refractivity contribution >= 4 is 27.9 Å². The van der Waals surface area contributed by atoms with Crippen molar-refractivity contribution < 1.29 is 13.2 Å². The van der Waals surface area contributed by atoms with Crippen LogP contribution in [0.3, 0.4) is 0 Å². The van der Waals surface area contributed by atoms with Crippen molar-refractivity contribution in [2.75, 3.05) is 4.90 Å². The highest BCUT2D eigenvalue weighted by Gasteiger charge is 2.18. The Morgan fingerprint density at radius 2 is 1.76 bits per heavy atom. The number of carbonyl (C=O) groups is 1.